The highest BCUT2D eigenvalue weighted by Crippen LogP contribution is 2.25. The van der Waals surface area contributed by atoms with E-state index in [1.165, 1.54) is 25.7 Å². The van der Waals surface area contributed by atoms with Gasteiger partial charge in [0.25, 0.3) is 0 Å². The van der Waals surface area contributed by atoms with E-state index in [1.807, 2.05) is 0 Å². The van der Waals surface area contributed by atoms with Gasteiger partial charge in [-0.3, -0.25) is 4.79 Å². The third-order valence-corrected chi connectivity index (χ3v) is 4.18. The molecule has 0 saturated carbocycles. The zero-order valence-corrected chi connectivity index (χ0v) is 12.0. The molecule has 3 N–H and O–H groups in total. The van der Waals surface area contributed by atoms with Gasteiger partial charge < -0.3 is 15.7 Å². The molecule has 0 radical (unpaired) electrons. The minimum Gasteiger partial charge on any atom is -0.480 e. The molecule has 18 heavy (non-hydrogen) atoms. The Hall–Kier alpha value is -0.610. The van der Waals surface area contributed by atoms with Gasteiger partial charge in [0.15, 0.2) is 0 Å². The van der Waals surface area contributed by atoms with Gasteiger partial charge in [0.1, 0.15) is 5.54 Å². The van der Waals surface area contributed by atoms with Gasteiger partial charge in [0, 0.05) is 6.04 Å². The number of piperidine rings is 1. The van der Waals surface area contributed by atoms with E-state index in [1.54, 1.807) is 6.92 Å². The number of carboxylic acids is 1. The summed E-state index contributed by atoms with van der Waals surface area (Å²) >= 11 is 0. The van der Waals surface area contributed by atoms with Crippen molar-refractivity contribution in [1.29, 1.82) is 0 Å². The quantitative estimate of drug-likeness (QED) is 0.763. The second-order valence-corrected chi connectivity index (χ2v) is 6.04. The normalized spacial score (nSPS) is 23.6. The molecule has 2 unspecified atom stereocenters. The Morgan fingerprint density at radius 1 is 1.50 bits per heavy atom. The maximum absolute atomic E-state index is 11.0. The van der Waals surface area contributed by atoms with Gasteiger partial charge in [0.05, 0.1) is 0 Å². The SMILES string of the molecule is CCCC1CCN(C(C)CC(C)(N)C(=O)O)CC1. The number of nitrogens with zero attached hydrogens (tertiary/aromatic N) is 1. The molecular weight excluding hydrogens is 228 g/mol. The van der Waals surface area contributed by atoms with E-state index in [2.05, 4.69) is 18.7 Å². The molecule has 4 heteroatoms. The maximum atomic E-state index is 11.0. The molecule has 1 aliphatic rings. The standard InChI is InChI=1S/C14H28N2O2/c1-4-5-12-6-8-16(9-7-12)11(2)10-14(3,15)13(17)18/h11-12H,4-10,15H2,1-3H3,(H,17,18). The average molecular weight is 256 g/mol. The number of carbonyl (C=O) groups is 1. The molecule has 1 fully saturated rings. The first-order valence-corrected chi connectivity index (χ1v) is 7.13. The molecule has 0 aromatic heterocycles. The fourth-order valence-corrected chi connectivity index (χ4v) is 2.92. The Morgan fingerprint density at radius 2 is 2.06 bits per heavy atom. The van der Waals surface area contributed by atoms with Crippen molar-refractivity contribution in [1.82, 2.24) is 4.90 Å². The number of hydrogen-bond acceptors (Lipinski definition) is 3. The summed E-state index contributed by atoms with van der Waals surface area (Å²) in [5, 5.41) is 9.06. The number of nitrogens with two attached hydrogens (primary N) is 1. The highest BCUT2D eigenvalue weighted by atomic mass is 16.4. The first kappa shape index (κ1) is 15.4. The van der Waals surface area contributed by atoms with Gasteiger partial charge >= 0.3 is 5.97 Å². The highest BCUT2D eigenvalue weighted by molar-refractivity contribution is 5.77. The molecule has 0 spiro atoms. The van der Waals surface area contributed by atoms with Gasteiger partial charge in [-0.2, -0.15) is 0 Å². The number of carboxylic acid groups (broad SMARTS) is 1. The van der Waals surface area contributed by atoms with Crippen LogP contribution in [0.2, 0.25) is 0 Å². The van der Waals surface area contributed by atoms with Gasteiger partial charge in [-0.1, -0.05) is 19.8 Å². The summed E-state index contributed by atoms with van der Waals surface area (Å²) in [5.41, 5.74) is 4.70. The fraction of sp³-hybridized carbons (Fsp3) is 0.929. The topological polar surface area (TPSA) is 66.6 Å². The van der Waals surface area contributed by atoms with Crippen LogP contribution in [-0.2, 0) is 4.79 Å². The van der Waals surface area contributed by atoms with Crippen molar-refractivity contribution < 1.29 is 9.90 Å². The van der Waals surface area contributed by atoms with Crippen LogP contribution in [0.25, 0.3) is 0 Å². The lowest BCUT2D eigenvalue weighted by atomic mass is 9.89. The monoisotopic (exact) mass is 256 g/mol. The summed E-state index contributed by atoms with van der Waals surface area (Å²) in [6.45, 7) is 8.11. The lowest BCUT2D eigenvalue weighted by Crippen LogP contribution is -2.51. The van der Waals surface area contributed by atoms with Crippen molar-refractivity contribution in [2.75, 3.05) is 13.1 Å². The van der Waals surface area contributed by atoms with Crippen molar-refractivity contribution >= 4 is 5.97 Å². The minimum absolute atomic E-state index is 0.249. The molecule has 0 aliphatic carbocycles. The third kappa shape index (κ3) is 4.25. The Kier molecular flexibility index (Phi) is 5.60. The van der Waals surface area contributed by atoms with Crippen LogP contribution in [0.15, 0.2) is 0 Å². The summed E-state index contributed by atoms with van der Waals surface area (Å²) in [7, 11) is 0. The first-order chi connectivity index (χ1) is 8.36. The molecule has 1 saturated heterocycles. The summed E-state index contributed by atoms with van der Waals surface area (Å²) in [6, 6.07) is 0.249. The van der Waals surface area contributed by atoms with Crippen molar-refractivity contribution in [2.45, 2.75) is 64.5 Å². The first-order valence-electron chi connectivity index (χ1n) is 7.13. The van der Waals surface area contributed by atoms with Crippen molar-refractivity contribution in [3.05, 3.63) is 0 Å². The molecule has 0 amide bonds. The number of aliphatic carboxylic acids is 1. The lowest BCUT2D eigenvalue weighted by molar-refractivity contribution is -0.143. The third-order valence-electron chi connectivity index (χ3n) is 4.18. The summed E-state index contributed by atoms with van der Waals surface area (Å²) in [6.07, 6.45) is 5.59. The van der Waals surface area contributed by atoms with E-state index in [4.69, 9.17) is 10.8 Å². The summed E-state index contributed by atoms with van der Waals surface area (Å²) in [4.78, 5) is 13.4. The van der Waals surface area contributed by atoms with Crippen LogP contribution in [-0.4, -0.2) is 40.6 Å². The van der Waals surface area contributed by atoms with E-state index in [-0.39, 0.29) is 6.04 Å². The van der Waals surface area contributed by atoms with E-state index < -0.39 is 11.5 Å². The van der Waals surface area contributed by atoms with Crippen LogP contribution in [0.4, 0.5) is 0 Å². The molecule has 0 aromatic carbocycles. The van der Waals surface area contributed by atoms with Crippen molar-refractivity contribution in [2.24, 2.45) is 11.7 Å². The predicted octanol–water partition coefficient (Wildman–Crippen LogP) is 2.08. The molecule has 0 bridgehead atoms. The zero-order chi connectivity index (χ0) is 13.8. The van der Waals surface area contributed by atoms with Crippen LogP contribution >= 0.6 is 0 Å². The summed E-state index contributed by atoms with van der Waals surface area (Å²) in [5.74, 6) is -0.0441. The molecule has 106 valence electrons. The fourth-order valence-electron chi connectivity index (χ4n) is 2.92. The van der Waals surface area contributed by atoms with Crippen LogP contribution in [0.3, 0.4) is 0 Å². The number of hydrogen-bond donors (Lipinski definition) is 2. The molecule has 1 aliphatic heterocycles. The van der Waals surface area contributed by atoms with Gasteiger partial charge in [-0.05, 0) is 52.1 Å². The second-order valence-electron chi connectivity index (χ2n) is 6.04. The van der Waals surface area contributed by atoms with Crippen LogP contribution in [0.5, 0.6) is 0 Å². The van der Waals surface area contributed by atoms with E-state index in [9.17, 15) is 4.79 Å². The van der Waals surface area contributed by atoms with Crippen LogP contribution in [0, 0.1) is 5.92 Å². The second kappa shape index (κ2) is 6.53. The number of rotatable bonds is 6. The Labute approximate surface area is 111 Å². The van der Waals surface area contributed by atoms with Crippen molar-refractivity contribution in [3.8, 4) is 0 Å². The van der Waals surface area contributed by atoms with Gasteiger partial charge in [0.2, 0.25) is 0 Å². The smallest absolute Gasteiger partial charge is 0.323 e. The largest absolute Gasteiger partial charge is 0.480 e. The van der Waals surface area contributed by atoms with Gasteiger partial charge in [-0.15, -0.1) is 0 Å². The lowest BCUT2D eigenvalue weighted by Gasteiger charge is -2.38. The maximum Gasteiger partial charge on any atom is 0.323 e. The average Bonchev–Trinajstić information content (AvgIpc) is 2.29. The van der Waals surface area contributed by atoms with E-state index in [0.717, 1.165) is 19.0 Å². The number of likely N-dealkylation sites (tertiary alicyclic amines) is 1. The predicted molar refractivity (Wildman–Crippen MR) is 73.5 cm³/mol. The molecule has 0 aromatic rings. The molecule has 2 atom stereocenters. The van der Waals surface area contributed by atoms with E-state index >= 15 is 0 Å². The highest BCUT2D eigenvalue weighted by Gasteiger charge is 2.32. The Morgan fingerprint density at radius 3 is 2.50 bits per heavy atom. The zero-order valence-electron chi connectivity index (χ0n) is 12.0. The molecule has 4 nitrogen and oxygen atoms in total. The molecular formula is C14H28N2O2. The van der Waals surface area contributed by atoms with Crippen molar-refractivity contribution in [3.63, 3.8) is 0 Å². The van der Waals surface area contributed by atoms with Crippen LogP contribution in [0.1, 0.15) is 52.9 Å². The molecule has 1 rings (SSSR count). The minimum atomic E-state index is -1.11. The molecule has 1 heterocycles. The Bertz CT molecular complexity index is 271. The van der Waals surface area contributed by atoms with Crippen LogP contribution < -0.4 is 5.73 Å². The van der Waals surface area contributed by atoms with E-state index in [0.29, 0.717) is 6.42 Å². The Balaban J connectivity index is 2.40. The summed E-state index contributed by atoms with van der Waals surface area (Å²) < 4.78 is 0. The van der Waals surface area contributed by atoms with Gasteiger partial charge in [-0.25, -0.2) is 0 Å².